The molecule has 1 saturated heterocycles. The van der Waals surface area contributed by atoms with Gasteiger partial charge < -0.3 is 14.5 Å². The van der Waals surface area contributed by atoms with Gasteiger partial charge in [-0.3, -0.25) is 14.4 Å². The minimum atomic E-state index is -4.79. The van der Waals surface area contributed by atoms with Crippen molar-refractivity contribution in [2.45, 2.75) is 51.9 Å². The van der Waals surface area contributed by atoms with E-state index in [2.05, 4.69) is 9.72 Å². The molecule has 11 heteroatoms. The van der Waals surface area contributed by atoms with E-state index >= 15 is 0 Å². The van der Waals surface area contributed by atoms with Crippen LogP contribution in [-0.4, -0.2) is 64.4 Å². The number of hydrogen-bond acceptors (Lipinski definition) is 6. The molecule has 1 unspecified atom stereocenters. The number of piperidine rings is 1. The van der Waals surface area contributed by atoms with Crippen LogP contribution in [-0.2, 0) is 0 Å². The molecule has 0 radical (unpaired) electrons. The van der Waals surface area contributed by atoms with Crippen LogP contribution in [0.1, 0.15) is 74.4 Å². The standard InChI is InChI=1S/C35H34F3N3O4S/c1-4-41(23(3)31(42)25-10-6-5-7-11-25)34(44)29-21-46-32(39-29)26-17-19-40(20-18-26)33(43)28-12-8-9-22(2)30(28)24-13-15-27(16-14-24)45-35(36,37)38/h5-16,21,23,26H,4,17-20H2,1-3H3. The third-order valence-corrected chi connectivity index (χ3v) is 9.27. The highest BCUT2D eigenvalue weighted by Gasteiger charge is 2.32. The summed E-state index contributed by atoms with van der Waals surface area (Å²) in [6.45, 7) is 6.76. The van der Waals surface area contributed by atoms with Gasteiger partial charge in [0.05, 0.1) is 11.0 Å². The number of aryl methyl sites for hydroxylation is 1. The van der Waals surface area contributed by atoms with E-state index in [0.29, 0.717) is 60.4 Å². The number of Topliss-reactive ketones (excluding diaryl/α,β-unsaturated/α-hetero) is 1. The Labute approximate surface area is 269 Å². The van der Waals surface area contributed by atoms with Gasteiger partial charge in [-0.2, -0.15) is 0 Å². The van der Waals surface area contributed by atoms with Gasteiger partial charge in [0.2, 0.25) is 0 Å². The summed E-state index contributed by atoms with van der Waals surface area (Å²) in [7, 11) is 0. The zero-order valence-electron chi connectivity index (χ0n) is 25.7. The van der Waals surface area contributed by atoms with E-state index in [0.717, 1.165) is 10.6 Å². The number of likely N-dealkylation sites (tertiary alicyclic amines) is 1. The minimum Gasteiger partial charge on any atom is -0.406 e. The van der Waals surface area contributed by atoms with Crippen molar-refractivity contribution >= 4 is 28.9 Å². The van der Waals surface area contributed by atoms with E-state index in [9.17, 15) is 27.6 Å². The summed E-state index contributed by atoms with van der Waals surface area (Å²) in [5.74, 6) is -0.832. The summed E-state index contributed by atoms with van der Waals surface area (Å²) in [5, 5.41) is 2.56. The zero-order valence-corrected chi connectivity index (χ0v) is 26.5. The number of hydrogen-bond donors (Lipinski definition) is 0. The van der Waals surface area contributed by atoms with E-state index in [4.69, 9.17) is 0 Å². The van der Waals surface area contributed by atoms with E-state index in [1.807, 2.05) is 26.0 Å². The van der Waals surface area contributed by atoms with Crippen LogP contribution in [0.25, 0.3) is 11.1 Å². The van der Waals surface area contributed by atoms with Crippen LogP contribution in [0.3, 0.4) is 0 Å². The molecule has 2 heterocycles. The number of nitrogens with zero attached hydrogens (tertiary/aromatic N) is 3. The molecule has 0 saturated carbocycles. The van der Waals surface area contributed by atoms with E-state index in [1.54, 1.807) is 53.6 Å². The lowest BCUT2D eigenvalue weighted by molar-refractivity contribution is -0.274. The van der Waals surface area contributed by atoms with Gasteiger partial charge in [0.1, 0.15) is 11.4 Å². The SMILES string of the molecule is CCN(C(=O)c1csc(C2CCN(C(=O)c3cccc(C)c3-c3ccc(OC(F)(F)F)cc3)CC2)n1)C(C)C(=O)c1ccccc1. The highest BCUT2D eigenvalue weighted by molar-refractivity contribution is 7.09. The van der Waals surface area contributed by atoms with Gasteiger partial charge in [-0.15, -0.1) is 24.5 Å². The number of ketones is 1. The van der Waals surface area contributed by atoms with Crippen molar-refractivity contribution in [2.75, 3.05) is 19.6 Å². The molecule has 4 aromatic rings. The van der Waals surface area contributed by atoms with Crippen molar-refractivity contribution in [1.29, 1.82) is 0 Å². The lowest BCUT2D eigenvalue weighted by Gasteiger charge is -2.32. The molecule has 1 fully saturated rings. The van der Waals surface area contributed by atoms with Gasteiger partial charge in [0, 0.05) is 42.1 Å². The highest BCUT2D eigenvalue weighted by atomic mass is 32.1. The topological polar surface area (TPSA) is 79.8 Å². The fraction of sp³-hybridized carbons (Fsp3) is 0.314. The summed E-state index contributed by atoms with van der Waals surface area (Å²) >= 11 is 1.41. The molecule has 5 rings (SSSR count). The lowest BCUT2D eigenvalue weighted by atomic mass is 9.92. The Hall–Kier alpha value is -4.51. The van der Waals surface area contributed by atoms with Crippen molar-refractivity contribution in [3.8, 4) is 16.9 Å². The lowest BCUT2D eigenvalue weighted by Crippen LogP contribution is -2.43. The first-order chi connectivity index (χ1) is 22.0. The summed E-state index contributed by atoms with van der Waals surface area (Å²) in [5.41, 5.74) is 3.44. The Morgan fingerprint density at radius 3 is 2.30 bits per heavy atom. The van der Waals surface area contributed by atoms with Crippen LogP contribution >= 0.6 is 11.3 Å². The average Bonchev–Trinajstić information content (AvgIpc) is 3.55. The molecule has 7 nitrogen and oxygen atoms in total. The second-order valence-electron chi connectivity index (χ2n) is 11.2. The number of ether oxygens (including phenoxy) is 1. The van der Waals surface area contributed by atoms with E-state index in [1.165, 1.54) is 40.5 Å². The molecule has 0 N–H and O–H groups in total. The molecule has 1 atom stereocenters. The monoisotopic (exact) mass is 649 g/mol. The second-order valence-corrected chi connectivity index (χ2v) is 12.1. The quantitative estimate of drug-likeness (QED) is 0.173. The fourth-order valence-electron chi connectivity index (χ4n) is 5.85. The van der Waals surface area contributed by atoms with Crippen molar-refractivity contribution in [3.05, 3.63) is 106 Å². The maximum Gasteiger partial charge on any atom is 0.573 e. The molecule has 3 aromatic carbocycles. The maximum atomic E-state index is 13.7. The summed E-state index contributed by atoms with van der Waals surface area (Å²) in [6.07, 6.45) is -3.46. The molecule has 1 aliphatic heterocycles. The first-order valence-corrected chi connectivity index (χ1v) is 16.0. The summed E-state index contributed by atoms with van der Waals surface area (Å²) < 4.78 is 41.9. The van der Waals surface area contributed by atoms with Gasteiger partial charge in [0.15, 0.2) is 5.78 Å². The number of thiazole rings is 1. The number of aromatic nitrogens is 1. The largest absolute Gasteiger partial charge is 0.573 e. The molecule has 46 heavy (non-hydrogen) atoms. The Morgan fingerprint density at radius 2 is 1.67 bits per heavy atom. The first-order valence-electron chi connectivity index (χ1n) is 15.1. The Morgan fingerprint density at radius 1 is 1.00 bits per heavy atom. The predicted molar refractivity (Wildman–Crippen MR) is 170 cm³/mol. The molecule has 2 amide bonds. The number of amides is 2. The molecule has 1 aliphatic rings. The second kappa shape index (κ2) is 13.9. The van der Waals surface area contributed by atoms with E-state index < -0.39 is 12.4 Å². The molecular weight excluding hydrogens is 615 g/mol. The van der Waals surface area contributed by atoms with Gasteiger partial charge in [-0.1, -0.05) is 54.6 Å². The van der Waals surface area contributed by atoms with Crippen LogP contribution in [0.15, 0.2) is 78.2 Å². The third kappa shape index (κ3) is 7.31. The fourth-order valence-corrected chi connectivity index (χ4v) is 6.82. The number of rotatable bonds is 9. The van der Waals surface area contributed by atoms with Crippen LogP contribution in [0.5, 0.6) is 5.75 Å². The van der Waals surface area contributed by atoms with Crippen molar-refractivity contribution < 1.29 is 32.3 Å². The van der Waals surface area contributed by atoms with Crippen LogP contribution in [0.4, 0.5) is 13.2 Å². The number of carbonyl (C=O) groups excluding carboxylic acids is 3. The Balaban J connectivity index is 1.24. The number of benzene rings is 3. The Kier molecular flexibility index (Phi) is 9.91. The molecular formula is C35H34F3N3O4S. The van der Waals surface area contributed by atoms with Crippen molar-refractivity contribution in [2.24, 2.45) is 0 Å². The number of alkyl halides is 3. The van der Waals surface area contributed by atoms with Crippen LogP contribution in [0.2, 0.25) is 0 Å². The number of carbonyl (C=O) groups is 3. The van der Waals surface area contributed by atoms with Crippen LogP contribution < -0.4 is 4.74 Å². The number of likely N-dealkylation sites (N-methyl/N-ethyl adjacent to an activating group) is 1. The van der Waals surface area contributed by atoms with Gasteiger partial charge in [-0.25, -0.2) is 4.98 Å². The molecule has 240 valence electrons. The molecule has 0 aliphatic carbocycles. The van der Waals surface area contributed by atoms with Gasteiger partial charge in [-0.05, 0) is 68.5 Å². The third-order valence-electron chi connectivity index (χ3n) is 8.26. The van der Waals surface area contributed by atoms with Gasteiger partial charge in [0.25, 0.3) is 11.8 Å². The van der Waals surface area contributed by atoms with Crippen LogP contribution in [0, 0.1) is 6.92 Å². The van der Waals surface area contributed by atoms with Crippen molar-refractivity contribution in [1.82, 2.24) is 14.8 Å². The molecule has 0 spiro atoms. The summed E-state index contributed by atoms with van der Waals surface area (Å²) in [6, 6.07) is 19.2. The van der Waals surface area contributed by atoms with E-state index in [-0.39, 0.29) is 29.3 Å². The normalized spacial score (nSPS) is 14.5. The maximum absolute atomic E-state index is 13.7. The smallest absolute Gasteiger partial charge is 0.406 e. The average molecular weight is 650 g/mol. The zero-order chi connectivity index (χ0) is 33.0. The molecule has 1 aromatic heterocycles. The summed E-state index contributed by atoms with van der Waals surface area (Å²) in [4.78, 5) is 48.1. The minimum absolute atomic E-state index is 0.0761. The first kappa shape index (κ1) is 32.9. The molecule has 0 bridgehead atoms. The Bertz CT molecular complexity index is 1700. The van der Waals surface area contributed by atoms with Crippen molar-refractivity contribution in [3.63, 3.8) is 0 Å². The number of halogens is 3. The predicted octanol–water partition coefficient (Wildman–Crippen LogP) is 7.77. The van der Waals surface area contributed by atoms with Gasteiger partial charge >= 0.3 is 6.36 Å². The highest BCUT2D eigenvalue weighted by Crippen LogP contribution is 2.34.